The van der Waals surface area contributed by atoms with Crippen molar-refractivity contribution >= 4 is 11.8 Å². The summed E-state index contributed by atoms with van der Waals surface area (Å²) in [7, 11) is 4.02. The predicted octanol–water partition coefficient (Wildman–Crippen LogP) is 2.44. The number of rotatable bonds is 9. The van der Waals surface area contributed by atoms with Gasteiger partial charge in [-0.05, 0) is 64.0 Å². The second-order valence-electron chi connectivity index (χ2n) is 8.79. The first-order valence-electron chi connectivity index (χ1n) is 10.1. The number of hydrogen-bond acceptors (Lipinski definition) is 3. The summed E-state index contributed by atoms with van der Waals surface area (Å²) in [6, 6.07) is 0. The van der Waals surface area contributed by atoms with Gasteiger partial charge in [-0.15, -0.1) is 0 Å². The third kappa shape index (κ3) is 6.42. The number of carbonyl (C=O) groups is 2. The molecular formula is C21H37N3O2. The maximum Gasteiger partial charge on any atom is 0.223 e. The second kappa shape index (κ2) is 9.54. The molecule has 148 valence electrons. The van der Waals surface area contributed by atoms with Crippen molar-refractivity contribution in [3.63, 3.8) is 0 Å². The van der Waals surface area contributed by atoms with Gasteiger partial charge < -0.3 is 15.5 Å². The molecule has 1 saturated carbocycles. The van der Waals surface area contributed by atoms with E-state index < -0.39 is 0 Å². The molecule has 0 aromatic rings. The van der Waals surface area contributed by atoms with Gasteiger partial charge in [-0.25, -0.2) is 0 Å². The number of likely N-dealkylation sites (N-methyl/N-ethyl adjacent to an activating group) is 1. The molecule has 0 bridgehead atoms. The van der Waals surface area contributed by atoms with Gasteiger partial charge in [-0.2, -0.15) is 0 Å². The first-order valence-corrected chi connectivity index (χ1v) is 10.1. The lowest BCUT2D eigenvalue weighted by molar-refractivity contribution is -0.122. The Bertz CT molecular complexity index is 523. The van der Waals surface area contributed by atoms with E-state index in [9.17, 15) is 9.59 Å². The molecular weight excluding hydrogens is 326 g/mol. The van der Waals surface area contributed by atoms with Crippen LogP contribution in [0, 0.1) is 29.6 Å². The molecule has 0 spiro atoms. The molecule has 2 rings (SSSR count). The Morgan fingerprint density at radius 1 is 1.23 bits per heavy atom. The third-order valence-corrected chi connectivity index (χ3v) is 5.86. The Morgan fingerprint density at radius 2 is 1.92 bits per heavy atom. The van der Waals surface area contributed by atoms with Crippen molar-refractivity contribution in [2.24, 2.45) is 29.6 Å². The third-order valence-electron chi connectivity index (χ3n) is 5.86. The van der Waals surface area contributed by atoms with Gasteiger partial charge in [0.25, 0.3) is 0 Å². The number of carbonyl (C=O) groups excluding carboxylic acids is 2. The molecule has 3 atom stereocenters. The fourth-order valence-corrected chi connectivity index (χ4v) is 3.93. The van der Waals surface area contributed by atoms with E-state index in [1.165, 1.54) is 5.57 Å². The highest BCUT2D eigenvalue weighted by Gasteiger charge is 2.34. The second-order valence-corrected chi connectivity index (χ2v) is 8.79. The molecule has 0 heterocycles. The monoisotopic (exact) mass is 363 g/mol. The van der Waals surface area contributed by atoms with Crippen molar-refractivity contribution in [3.8, 4) is 0 Å². The zero-order valence-electron chi connectivity index (χ0n) is 17.2. The Morgan fingerprint density at radius 3 is 2.50 bits per heavy atom. The highest BCUT2D eigenvalue weighted by molar-refractivity contribution is 5.80. The highest BCUT2D eigenvalue weighted by Crippen LogP contribution is 2.39. The lowest BCUT2D eigenvalue weighted by Crippen LogP contribution is -2.38. The molecule has 0 saturated heterocycles. The van der Waals surface area contributed by atoms with E-state index in [1.807, 2.05) is 14.1 Å². The van der Waals surface area contributed by atoms with Crippen molar-refractivity contribution in [3.05, 3.63) is 11.6 Å². The number of hydrogen-bond donors (Lipinski definition) is 2. The summed E-state index contributed by atoms with van der Waals surface area (Å²) in [6.45, 7) is 8.95. The van der Waals surface area contributed by atoms with E-state index in [0.29, 0.717) is 36.6 Å². The van der Waals surface area contributed by atoms with Gasteiger partial charge in [0.15, 0.2) is 0 Å². The van der Waals surface area contributed by atoms with Crippen LogP contribution >= 0.6 is 0 Å². The maximum absolute atomic E-state index is 12.3. The van der Waals surface area contributed by atoms with Crippen LogP contribution < -0.4 is 10.6 Å². The van der Waals surface area contributed by atoms with Gasteiger partial charge in [0, 0.05) is 32.0 Å². The van der Waals surface area contributed by atoms with E-state index in [-0.39, 0.29) is 17.7 Å². The van der Waals surface area contributed by atoms with Crippen LogP contribution in [0.5, 0.6) is 0 Å². The minimum Gasteiger partial charge on any atom is -0.355 e. The summed E-state index contributed by atoms with van der Waals surface area (Å²) in [4.78, 5) is 26.3. The van der Waals surface area contributed by atoms with Crippen LogP contribution in [0.25, 0.3) is 0 Å². The summed E-state index contributed by atoms with van der Waals surface area (Å²) in [5, 5.41) is 6.18. The van der Waals surface area contributed by atoms with Gasteiger partial charge in [0.1, 0.15) is 0 Å². The molecule has 0 radical (unpaired) electrons. The van der Waals surface area contributed by atoms with Crippen LogP contribution in [-0.4, -0.2) is 50.4 Å². The molecule has 0 aliphatic heterocycles. The van der Waals surface area contributed by atoms with E-state index in [0.717, 1.165) is 32.4 Å². The molecule has 1 fully saturated rings. The average molecular weight is 364 g/mol. The molecule has 0 aromatic carbocycles. The van der Waals surface area contributed by atoms with Crippen molar-refractivity contribution < 1.29 is 9.59 Å². The van der Waals surface area contributed by atoms with Gasteiger partial charge in [0.05, 0.1) is 0 Å². The van der Waals surface area contributed by atoms with Crippen molar-refractivity contribution in [1.82, 2.24) is 15.5 Å². The highest BCUT2D eigenvalue weighted by atomic mass is 16.2. The van der Waals surface area contributed by atoms with Crippen molar-refractivity contribution in [1.29, 1.82) is 0 Å². The molecule has 0 unspecified atom stereocenters. The largest absolute Gasteiger partial charge is 0.355 e. The van der Waals surface area contributed by atoms with E-state index >= 15 is 0 Å². The molecule has 2 aliphatic carbocycles. The number of allylic oxidation sites excluding steroid dienone is 1. The quantitative estimate of drug-likeness (QED) is 0.619. The topological polar surface area (TPSA) is 61.4 Å². The fraction of sp³-hybridized carbons (Fsp3) is 0.810. The number of nitrogens with zero attached hydrogens (tertiary/aromatic N) is 1. The van der Waals surface area contributed by atoms with Crippen molar-refractivity contribution in [2.75, 3.05) is 33.7 Å². The van der Waals surface area contributed by atoms with Gasteiger partial charge >= 0.3 is 0 Å². The Kier molecular flexibility index (Phi) is 7.69. The smallest absolute Gasteiger partial charge is 0.223 e. The number of amides is 2. The zero-order chi connectivity index (χ0) is 19.3. The molecule has 5 nitrogen and oxygen atoms in total. The van der Waals surface area contributed by atoms with Gasteiger partial charge in [-0.3, -0.25) is 9.59 Å². The SMILES string of the molecule is CC1=C[C@@H](CNC(=O)C2CC2)[C@H](C(C)C)C[C@H]1CC(=O)NCCN(C)C. The molecule has 0 aromatic heterocycles. The molecule has 26 heavy (non-hydrogen) atoms. The first-order chi connectivity index (χ1) is 12.3. The fourth-order valence-electron chi connectivity index (χ4n) is 3.93. The summed E-state index contributed by atoms with van der Waals surface area (Å²) < 4.78 is 0. The summed E-state index contributed by atoms with van der Waals surface area (Å²) in [6.07, 6.45) is 6.01. The Balaban J connectivity index is 1.90. The van der Waals surface area contributed by atoms with E-state index in [2.05, 4.69) is 42.4 Å². The Hall–Kier alpha value is -1.36. The maximum atomic E-state index is 12.3. The Labute approximate surface area is 159 Å². The van der Waals surface area contributed by atoms with Crippen molar-refractivity contribution in [2.45, 2.75) is 46.5 Å². The van der Waals surface area contributed by atoms with Crippen LogP contribution in [0.3, 0.4) is 0 Å². The standard InChI is InChI=1S/C21H37N3O2/c1-14(2)19-11-17(12-20(25)22-8-9-24(4)5)15(3)10-18(19)13-23-21(26)16-6-7-16/h10,14,16-19H,6-9,11-13H2,1-5H3,(H,22,25)(H,23,26)/t17-,18-,19-/m0/s1. The van der Waals surface area contributed by atoms with Crippen LogP contribution in [0.4, 0.5) is 0 Å². The summed E-state index contributed by atoms with van der Waals surface area (Å²) >= 11 is 0. The minimum atomic E-state index is 0.146. The molecule has 2 aliphatic rings. The zero-order valence-corrected chi connectivity index (χ0v) is 17.2. The average Bonchev–Trinajstić information content (AvgIpc) is 3.39. The van der Waals surface area contributed by atoms with E-state index in [1.54, 1.807) is 0 Å². The van der Waals surface area contributed by atoms with Crippen LogP contribution in [0.2, 0.25) is 0 Å². The van der Waals surface area contributed by atoms with Crippen LogP contribution in [-0.2, 0) is 9.59 Å². The molecule has 2 N–H and O–H groups in total. The van der Waals surface area contributed by atoms with Crippen LogP contribution in [0.1, 0.15) is 46.5 Å². The normalized spacial score (nSPS) is 26.0. The first kappa shape index (κ1) is 20.9. The number of nitrogens with one attached hydrogen (secondary N) is 2. The van der Waals surface area contributed by atoms with Crippen LogP contribution in [0.15, 0.2) is 11.6 Å². The van der Waals surface area contributed by atoms with Gasteiger partial charge in [0.2, 0.25) is 11.8 Å². The molecule has 5 heteroatoms. The minimum absolute atomic E-state index is 0.146. The van der Waals surface area contributed by atoms with Gasteiger partial charge in [-0.1, -0.05) is 25.5 Å². The summed E-state index contributed by atoms with van der Waals surface area (Å²) in [5.41, 5.74) is 1.30. The molecule has 2 amide bonds. The predicted molar refractivity (Wildman–Crippen MR) is 106 cm³/mol. The lowest BCUT2D eigenvalue weighted by Gasteiger charge is -2.37. The lowest BCUT2D eigenvalue weighted by atomic mass is 9.69. The summed E-state index contributed by atoms with van der Waals surface area (Å²) in [5.74, 6) is 2.38. The van der Waals surface area contributed by atoms with E-state index in [4.69, 9.17) is 0 Å².